The Balaban J connectivity index is 2.83. The Hall–Kier alpha value is -1.09. The number of allylic oxidation sites excluding steroid dienone is 1. The minimum absolute atomic E-state index is 0.205. The summed E-state index contributed by atoms with van der Waals surface area (Å²) < 4.78 is 0.831. The molecule has 0 aliphatic heterocycles. The van der Waals surface area contributed by atoms with Gasteiger partial charge in [0.05, 0.1) is 0 Å². The number of benzene rings is 1. The maximum atomic E-state index is 10.0. The smallest absolute Gasteiger partial charge is 0.123 e. The van der Waals surface area contributed by atoms with Gasteiger partial charge in [0.15, 0.2) is 0 Å². The monoisotopic (exact) mass is 240 g/mol. The molecule has 0 saturated carbocycles. The van der Waals surface area contributed by atoms with Crippen molar-refractivity contribution in [3.63, 3.8) is 0 Å². The van der Waals surface area contributed by atoms with E-state index in [-0.39, 0.29) is 5.75 Å². The highest BCUT2D eigenvalue weighted by atomic mass is 79.9. The number of aldehydes is 1. The van der Waals surface area contributed by atoms with Gasteiger partial charge in [-0.1, -0.05) is 34.1 Å². The van der Waals surface area contributed by atoms with Crippen LogP contribution in [-0.2, 0) is 4.79 Å². The highest BCUT2D eigenvalue weighted by Gasteiger charge is 1.96. The molecule has 0 spiro atoms. The Bertz CT molecular complexity index is 332. The van der Waals surface area contributed by atoms with E-state index in [4.69, 9.17) is 0 Å². The number of phenolic OH excluding ortho intramolecular Hbond substituents is 1. The molecule has 1 aromatic rings. The normalized spacial score (nSPS) is 10.5. The summed E-state index contributed by atoms with van der Waals surface area (Å²) in [6.07, 6.45) is 4.61. The van der Waals surface area contributed by atoms with Crippen LogP contribution in [0.1, 0.15) is 12.0 Å². The van der Waals surface area contributed by atoms with E-state index in [0.717, 1.165) is 10.8 Å². The maximum absolute atomic E-state index is 10.0. The predicted octanol–water partition coefficient (Wildman–Crippen LogP) is 2.76. The second kappa shape index (κ2) is 4.82. The molecule has 0 heterocycles. The molecule has 0 saturated heterocycles. The lowest BCUT2D eigenvalue weighted by Gasteiger charge is -1.98. The molecule has 68 valence electrons. The first kappa shape index (κ1) is 9.99. The van der Waals surface area contributed by atoms with E-state index in [0.29, 0.717) is 12.0 Å². The zero-order chi connectivity index (χ0) is 9.68. The number of aromatic hydroxyl groups is 1. The second-order valence-electron chi connectivity index (χ2n) is 2.51. The van der Waals surface area contributed by atoms with E-state index < -0.39 is 0 Å². The van der Waals surface area contributed by atoms with Crippen molar-refractivity contribution in [2.24, 2.45) is 0 Å². The SMILES string of the molecule is O=CCC=Cc1ccc(Br)cc1O. The molecule has 0 unspecified atom stereocenters. The molecular weight excluding hydrogens is 232 g/mol. The number of halogens is 1. The lowest BCUT2D eigenvalue weighted by atomic mass is 10.2. The Labute approximate surface area is 85.0 Å². The molecule has 0 bridgehead atoms. The Kier molecular flexibility index (Phi) is 3.71. The number of carbonyl (C=O) groups is 1. The number of hydrogen-bond acceptors (Lipinski definition) is 2. The van der Waals surface area contributed by atoms with Crippen LogP contribution in [-0.4, -0.2) is 11.4 Å². The quantitative estimate of drug-likeness (QED) is 0.826. The van der Waals surface area contributed by atoms with Crippen molar-refractivity contribution in [2.45, 2.75) is 6.42 Å². The molecule has 1 rings (SSSR count). The van der Waals surface area contributed by atoms with Gasteiger partial charge in [-0.3, -0.25) is 0 Å². The molecular formula is C10H9BrO2. The van der Waals surface area contributed by atoms with Gasteiger partial charge in [0.2, 0.25) is 0 Å². The van der Waals surface area contributed by atoms with Crippen molar-refractivity contribution in [1.82, 2.24) is 0 Å². The highest BCUT2D eigenvalue weighted by molar-refractivity contribution is 9.10. The van der Waals surface area contributed by atoms with Crippen LogP contribution < -0.4 is 0 Å². The molecule has 13 heavy (non-hydrogen) atoms. The molecule has 3 heteroatoms. The first-order valence-corrected chi connectivity index (χ1v) is 4.62. The minimum Gasteiger partial charge on any atom is -0.507 e. The summed E-state index contributed by atoms with van der Waals surface area (Å²) in [7, 11) is 0. The van der Waals surface area contributed by atoms with Gasteiger partial charge in [-0.2, -0.15) is 0 Å². The van der Waals surface area contributed by atoms with Gasteiger partial charge >= 0.3 is 0 Å². The van der Waals surface area contributed by atoms with Crippen molar-refractivity contribution in [3.05, 3.63) is 34.3 Å². The molecule has 0 radical (unpaired) electrons. The molecule has 0 aliphatic rings. The van der Waals surface area contributed by atoms with Crippen LogP contribution in [0.3, 0.4) is 0 Å². The van der Waals surface area contributed by atoms with E-state index in [1.807, 2.05) is 6.07 Å². The van der Waals surface area contributed by atoms with Crippen molar-refractivity contribution >= 4 is 28.3 Å². The fourth-order valence-corrected chi connectivity index (χ4v) is 1.26. The standard InChI is InChI=1S/C10H9BrO2/c11-9-5-4-8(10(13)7-9)3-1-2-6-12/h1,3-7,13H,2H2. The number of hydrogen-bond donors (Lipinski definition) is 1. The van der Waals surface area contributed by atoms with E-state index in [1.54, 1.807) is 24.3 Å². The number of rotatable bonds is 3. The largest absolute Gasteiger partial charge is 0.507 e. The van der Waals surface area contributed by atoms with Crippen LogP contribution in [0, 0.1) is 0 Å². The predicted molar refractivity (Wildman–Crippen MR) is 55.5 cm³/mol. The third-order valence-electron chi connectivity index (χ3n) is 1.52. The average Bonchev–Trinajstić information content (AvgIpc) is 2.09. The van der Waals surface area contributed by atoms with Gasteiger partial charge in [-0.05, 0) is 12.1 Å². The lowest BCUT2D eigenvalue weighted by molar-refractivity contribution is -0.107. The number of phenols is 1. The molecule has 2 nitrogen and oxygen atoms in total. The van der Waals surface area contributed by atoms with Crippen LogP contribution in [0.15, 0.2) is 28.7 Å². The van der Waals surface area contributed by atoms with Crippen LogP contribution >= 0.6 is 15.9 Å². The maximum Gasteiger partial charge on any atom is 0.123 e. The zero-order valence-electron chi connectivity index (χ0n) is 6.90. The number of carbonyl (C=O) groups excluding carboxylic acids is 1. The molecule has 0 aromatic heterocycles. The van der Waals surface area contributed by atoms with Gasteiger partial charge in [0.25, 0.3) is 0 Å². The van der Waals surface area contributed by atoms with E-state index in [1.165, 1.54) is 0 Å². The Morgan fingerprint density at radius 3 is 2.85 bits per heavy atom. The van der Waals surface area contributed by atoms with Crippen molar-refractivity contribution in [2.75, 3.05) is 0 Å². The second-order valence-corrected chi connectivity index (χ2v) is 3.42. The molecule has 0 amide bonds. The fourth-order valence-electron chi connectivity index (χ4n) is 0.908. The third-order valence-corrected chi connectivity index (χ3v) is 2.02. The summed E-state index contributed by atoms with van der Waals surface area (Å²) in [6, 6.07) is 5.22. The molecule has 1 aromatic carbocycles. The van der Waals surface area contributed by atoms with Crippen LogP contribution in [0.4, 0.5) is 0 Å². The van der Waals surface area contributed by atoms with Gasteiger partial charge in [-0.15, -0.1) is 0 Å². The first-order chi connectivity index (χ1) is 6.24. The van der Waals surface area contributed by atoms with E-state index in [9.17, 15) is 9.90 Å². The van der Waals surface area contributed by atoms with Gasteiger partial charge in [-0.25, -0.2) is 0 Å². The summed E-state index contributed by atoms with van der Waals surface area (Å²) in [4.78, 5) is 10.0. The summed E-state index contributed by atoms with van der Waals surface area (Å²) in [5.41, 5.74) is 0.713. The van der Waals surface area contributed by atoms with Gasteiger partial charge in [0.1, 0.15) is 12.0 Å². The molecule has 0 aliphatic carbocycles. The summed E-state index contributed by atoms with van der Waals surface area (Å²) in [5.74, 6) is 0.205. The average molecular weight is 241 g/mol. The molecule has 0 fully saturated rings. The summed E-state index contributed by atoms with van der Waals surface area (Å²) in [6.45, 7) is 0. The van der Waals surface area contributed by atoms with Gasteiger partial charge in [0, 0.05) is 16.5 Å². The van der Waals surface area contributed by atoms with Crippen LogP contribution in [0.5, 0.6) is 5.75 Å². The lowest BCUT2D eigenvalue weighted by Crippen LogP contribution is -1.75. The third kappa shape index (κ3) is 3.03. The first-order valence-electron chi connectivity index (χ1n) is 3.82. The Morgan fingerprint density at radius 2 is 2.23 bits per heavy atom. The van der Waals surface area contributed by atoms with Crippen molar-refractivity contribution in [3.8, 4) is 5.75 Å². The van der Waals surface area contributed by atoms with E-state index in [2.05, 4.69) is 15.9 Å². The summed E-state index contributed by atoms with van der Waals surface area (Å²) >= 11 is 3.24. The Morgan fingerprint density at radius 1 is 1.46 bits per heavy atom. The van der Waals surface area contributed by atoms with Gasteiger partial charge < -0.3 is 9.90 Å². The fraction of sp³-hybridized carbons (Fsp3) is 0.100. The minimum atomic E-state index is 0.205. The summed E-state index contributed by atoms with van der Waals surface area (Å²) in [5, 5.41) is 9.42. The van der Waals surface area contributed by atoms with E-state index >= 15 is 0 Å². The highest BCUT2D eigenvalue weighted by Crippen LogP contribution is 2.23. The van der Waals surface area contributed by atoms with Crippen LogP contribution in [0.2, 0.25) is 0 Å². The van der Waals surface area contributed by atoms with Crippen molar-refractivity contribution in [1.29, 1.82) is 0 Å². The topological polar surface area (TPSA) is 37.3 Å². The molecule has 0 atom stereocenters. The van der Waals surface area contributed by atoms with Crippen LogP contribution in [0.25, 0.3) is 6.08 Å². The van der Waals surface area contributed by atoms with Crippen molar-refractivity contribution < 1.29 is 9.90 Å². The molecule has 1 N–H and O–H groups in total. The zero-order valence-corrected chi connectivity index (χ0v) is 8.49.